The van der Waals surface area contributed by atoms with Crippen LogP contribution in [-0.4, -0.2) is 28.7 Å². The van der Waals surface area contributed by atoms with Crippen LogP contribution in [0.4, 0.5) is 4.39 Å². The summed E-state index contributed by atoms with van der Waals surface area (Å²) in [7, 11) is 0. The molecule has 2 nitrogen and oxygen atoms in total. The number of amides is 1. The molecule has 0 aromatic heterocycles. The van der Waals surface area contributed by atoms with Crippen LogP contribution in [0.5, 0.6) is 0 Å². The first-order valence-electron chi connectivity index (χ1n) is 5.80. The van der Waals surface area contributed by atoms with Gasteiger partial charge in [-0.1, -0.05) is 22.0 Å². The quantitative estimate of drug-likeness (QED) is 0.700. The van der Waals surface area contributed by atoms with Crippen molar-refractivity contribution < 1.29 is 9.18 Å². The summed E-state index contributed by atoms with van der Waals surface area (Å²) in [5.41, 5.74) is 0.112. The third kappa shape index (κ3) is 3.79. The lowest BCUT2D eigenvalue weighted by Gasteiger charge is -2.27. The average molecular weight is 381 g/mol. The molecule has 0 aliphatic rings. The maximum atomic E-state index is 13.8. The van der Waals surface area contributed by atoms with Crippen molar-refractivity contribution in [1.29, 1.82) is 0 Å². The fraction of sp³-hybridized carbons (Fsp3) is 0.462. The molecule has 5 heteroatoms. The van der Waals surface area contributed by atoms with E-state index in [1.165, 1.54) is 6.07 Å². The van der Waals surface area contributed by atoms with E-state index in [1.807, 2.05) is 13.8 Å². The van der Waals surface area contributed by atoms with Gasteiger partial charge in [-0.05, 0) is 48.3 Å². The monoisotopic (exact) mass is 379 g/mol. The summed E-state index contributed by atoms with van der Waals surface area (Å²) >= 11 is 6.58. The van der Waals surface area contributed by atoms with Gasteiger partial charge in [0.15, 0.2) is 0 Å². The molecule has 0 atom stereocenters. The molecule has 0 unspecified atom stereocenters. The van der Waals surface area contributed by atoms with Crippen molar-refractivity contribution in [3.05, 3.63) is 34.1 Å². The number of hydrogen-bond donors (Lipinski definition) is 0. The van der Waals surface area contributed by atoms with E-state index in [9.17, 15) is 9.18 Å². The van der Waals surface area contributed by atoms with Crippen LogP contribution in [0.2, 0.25) is 0 Å². The SMILES string of the molecule is CC(C)N(CCCBr)C(=O)c1c(F)cccc1Br. The number of hydrogen-bond acceptors (Lipinski definition) is 1. The van der Waals surface area contributed by atoms with Gasteiger partial charge in [-0.15, -0.1) is 0 Å². The molecule has 0 saturated heterocycles. The van der Waals surface area contributed by atoms with E-state index in [0.29, 0.717) is 11.0 Å². The molecular formula is C13H16Br2FNO. The summed E-state index contributed by atoms with van der Waals surface area (Å²) in [6, 6.07) is 4.61. The fourth-order valence-corrected chi connectivity index (χ4v) is 2.43. The zero-order valence-electron chi connectivity index (χ0n) is 10.4. The Morgan fingerprint density at radius 2 is 2.11 bits per heavy atom. The number of nitrogens with zero attached hydrogens (tertiary/aromatic N) is 1. The molecule has 18 heavy (non-hydrogen) atoms. The highest BCUT2D eigenvalue weighted by atomic mass is 79.9. The highest BCUT2D eigenvalue weighted by molar-refractivity contribution is 9.10. The van der Waals surface area contributed by atoms with Crippen molar-refractivity contribution in [2.45, 2.75) is 26.3 Å². The van der Waals surface area contributed by atoms with Crippen LogP contribution in [0.25, 0.3) is 0 Å². The summed E-state index contributed by atoms with van der Waals surface area (Å²) in [5, 5.41) is 0.821. The Balaban J connectivity index is 3.02. The predicted octanol–water partition coefficient (Wildman–Crippen LogP) is 4.22. The number of carbonyl (C=O) groups excluding carboxylic acids is 1. The number of benzene rings is 1. The number of rotatable bonds is 5. The second-order valence-corrected chi connectivity index (χ2v) is 5.88. The van der Waals surface area contributed by atoms with Crippen molar-refractivity contribution in [3.63, 3.8) is 0 Å². The van der Waals surface area contributed by atoms with Crippen molar-refractivity contribution in [1.82, 2.24) is 4.90 Å². The van der Waals surface area contributed by atoms with Crippen molar-refractivity contribution in [2.24, 2.45) is 0 Å². The molecule has 1 rings (SSSR count). The standard InChI is InChI=1S/C13H16Br2FNO/c1-9(2)17(8-4-7-14)13(18)12-10(15)5-3-6-11(12)16/h3,5-6,9H,4,7-8H2,1-2H3. The van der Waals surface area contributed by atoms with Gasteiger partial charge >= 0.3 is 0 Å². The molecule has 0 heterocycles. The molecule has 0 saturated carbocycles. The van der Waals surface area contributed by atoms with Crippen LogP contribution in [0.3, 0.4) is 0 Å². The molecular weight excluding hydrogens is 365 g/mol. The number of alkyl halides is 1. The first-order valence-corrected chi connectivity index (χ1v) is 7.71. The van der Waals surface area contributed by atoms with E-state index >= 15 is 0 Å². The summed E-state index contributed by atoms with van der Waals surface area (Å²) in [6.45, 7) is 4.48. The van der Waals surface area contributed by atoms with Crippen LogP contribution >= 0.6 is 31.9 Å². The molecule has 100 valence electrons. The van der Waals surface area contributed by atoms with Crippen LogP contribution in [0.1, 0.15) is 30.6 Å². The summed E-state index contributed by atoms with van der Waals surface area (Å²) in [6.07, 6.45) is 0.843. The molecule has 0 aliphatic carbocycles. The average Bonchev–Trinajstić information content (AvgIpc) is 2.28. The molecule has 1 aromatic carbocycles. The van der Waals surface area contributed by atoms with E-state index in [1.54, 1.807) is 17.0 Å². The van der Waals surface area contributed by atoms with Gasteiger partial charge in [0.25, 0.3) is 5.91 Å². The van der Waals surface area contributed by atoms with Crippen molar-refractivity contribution in [2.75, 3.05) is 11.9 Å². The lowest BCUT2D eigenvalue weighted by molar-refractivity contribution is 0.0701. The highest BCUT2D eigenvalue weighted by Crippen LogP contribution is 2.22. The van der Waals surface area contributed by atoms with Crippen molar-refractivity contribution in [3.8, 4) is 0 Å². The van der Waals surface area contributed by atoms with Gasteiger partial charge in [0, 0.05) is 22.4 Å². The van der Waals surface area contributed by atoms with Gasteiger partial charge in [-0.2, -0.15) is 0 Å². The molecule has 0 fully saturated rings. The molecule has 0 bridgehead atoms. The largest absolute Gasteiger partial charge is 0.336 e. The molecule has 0 aliphatic heterocycles. The molecule has 1 aromatic rings. The minimum absolute atomic E-state index is 0.0445. The van der Waals surface area contributed by atoms with Gasteiger partial charge in [-0.25, -0.2) is 4.39 Å². The Kier molecular flexibility index (Phi) is 6.29. The van der Waals surface area contributed by atoms with E-state index in [0.717, 1.165) is 11.8 Å². The Labute approximate surface area is 124 Å². The van der Waals surface area contributed by atoms with Crippen molar-refractivity contribution >= 4 is 37.8 Å². The van der Waals surface area contributed by atoms with Crippen LogP contribution in [0, 0.1) is 5.82 Å². The van der Waals surface area contributed by atoms with Crippen LogP contribution in [-0.2, 0) is 0 Å². The predicted molar refractivity (Wildman–Crippen MR) is 78.7 cm³/mol. The second-order valence-electron chi connectivity index (χ2n) is 4.23. The summed E-state index contributed by atoms with van der Waals surface area (Å²) in [5.74, 6) is -0.755. The second kappa shape index (κ2) is 7.24. The first-order chi connectivity index (χ1) is 8.49. The Morgan fingerprint density at radius 1 is 1.44 bits per heavy atom. The fourth-order valence-electron chi connectivity index (χ4n) is 1.67. The molecule has 0 radical (unpaired) electrons. The van der Waals surface area contributed by atoms with Crippen LogP contribution in [0.15, 0.2) is 22.7 Å². The summed E-state index contributed by atoms with van der Waals surface area (Å²) in [4.78, 5) is 14.1. The Hall–Kier alpha value is -0.420. The third-order valence-electron chi connectivity index (χ3n) is 2.59. The zero-order chi connectivity index (χ0) is 13.7. The van der Waals surface area contributed by atoms with Gasteiger partial charge in [0.1, 0.15) is 5.82 Å². The van der Waals surface area contributed by atoms with Gasteiger partial charge in [0.2, 0.25) is 0 Å². The number of halogens is 3. The molecule has 0 spiro atoms. The maximum absolute atomic E-state index is 13.8. The maximum Gasteiger partial charge on any atom is 0.258 e. The number of carbonyl (C=O) groups is 1. The Morgan fingerprint density at radius 3 is 2.61 bits per heavy atom. The Bertz CT molecular complexity index is 403. The first kappa shape index (κ1) is 15.6. The minimum Gasteiger partial charge on any atom is -0.336 e. The minimum atomic E-state index is -0.487. The summed E-state index contributed by atoms with van der Waals surface area (Å²) < 4.78 is 14.3. The van der Waals surface area contributed by atoms with E-state index in [4.69, 9.17) is 0 Å². The van der Waals surface area contributed by atoms with Gasteiger partial charge in [0.05, 0.1) is 5.56 Å². The molecule has 1 amide bonds. The van der Waals surface area contributed by atoms with Crippen LogP contribution < -0.4 is 0 Å². The topological polar surface area (TPSA) is 20.3 Å². The van der Waals surface area contributed by atoms with E-state index in [2.05, 4.69) is 31.9 Å². The lowest BCUT2D eigenvalue weighted by atomic mass is 10.1. The van der Waals surface area contributed by atoms with Gasteiger partial charge < -0.3 is 4.90 Å². The zero-order valence-corrected chi connectivity index (χ0v) is 13.6. The third-order valence-corrected chi connectivity index (χ3v) is 3.82. The van der Waals surface area contributed by atoms with E-state index < -0.39 is 5.82 Å². The van der Waals surface area contributed by atoms with E-state index in [-0.39, 0.29) is 17.5 Å². The highest BCUT2D eigenvalue weighted by Gasteiger charge is 2.23. The van der Waals surface area contributed by atoms with Gasteiger partial charge in [-0.3, -0.25) is 4.79 Å². The lowest BCUT2D eigenvalue weighted by Crippen LogP contribution is -2.38. The normalized spacial score (nSPS) is 10.8. The smallest absolute Gasteiger partial charge is 0.258 e. The molecule has 0 N–H and O–H groups in total.